The van der Waals surface area contributed by atoms with Crippen molar-refractivity contribution in [2.45, 2.75) is 26.8 Å². The predicted molar refractivity (Wildman–Crippen MR) is 71.5 cm³/mol. The van der Waals surface area contributed by atoms with Crippen LogP contribution in [-0.4, -0.2) is 24.5 Å². The zero-order valence-electron chi connectivity index (χ0n) is 10.9. The van der Waals surface area contributed by atoms with Crippen molar-refractivity contribution >= 4 is 17.6 Å². The Hall–Kier alpha value is -2.04. The summed E-state index contributed by atoms with van der Waals surface area (Å²) < 4.78 is 0. The lowest BCUT2D eigenvalue weighted by molar-refractivity contribution is -0.122. The minimum absolute atomic E-state index is 0.198. The Balaban J connectivity index is 2.46. The van der Waals surface area contributed by atoms with E-state index in [4.69, 9.17) is 0 Å². The predicted octanol–water partition coefficient (Wildman–Crippen LogP) is 1.64. The number of rotatable bonds is 4. The molecule has 0 heterocycles. The van der Waals surface area contributed by atoms with E-state index in [0.29, 0.717) is 12.2 Å². The molecule has 0 aliphatic rings. The molecule has 1 aromatic rings. The van der Waals surface area contributed by atoms with Gasteiger partial charge in [-0.15, -0.1) is 0 Å². The summed E-state index contributed by atoms with van der Waals surface area (Å²) in [5.41, 5.74) is 1.82. The van der Waals surface area contributed by atoms with Crippen LogP contribution in [0.3, 0.4) is 0 Å². The molecule has 5 heteroatoms. The van der Waals surface area contributed by atoms with Gasteiger partial charge in [-0.05, 0) is 32.9 Å². The molecule has 3 amide bonds. The maximum Gasteiger partial charge on any atom is 0.319 e. The van der Waals surface area contributed by atoms with Crippen LogP contribution >= 0.6 is 0 Å². The van der Waals surface area contributed by atoms with E-state index >= 15 is 0 Å². The minimum Gasteiger partial charge on any atom is -0.355 e. The molecule has 0 fully saturated rings. The summed E-state index contributed by atoms with van der Waals surface area (Å²) in [6, 6.07) is 6.48. The van der Waals surface area contributed by atoms with Gasteiger partial charge < -0.3 is 16.0 Å². The fourth-order valence-corrected chi connectivity index (χ4v) is 1.39. The summed E-state index contributed by atoms with van der Waals surface area (Å²) in [5, 5.41) is 7.87. The van der Waals surface area contributed by atoms with Gasteiger partial charge in [0.2, 0.25) is 5.91 Å². The van der Waals surface area contributed by atoms with E-state index in [-0.39, 0.29) is 5.91 Å². The maximum atomic E-state index is 11.6. The van der Waals surface area contributed by atoms with Gasteiger partial charge in [0.05, 0.1) is 0 Å². The number of hydrogen-bond donors (Lipinski definition) is 3. The molecule has 3 N–H and O–H groups in total. The normalized spacial score (nSPS) is 11.5. The molecule has 1 rings (SSSR count). The highest BCUT2D eigenvalue weighted by molar-refractivity contribution is 5.93. The number of carbonyl (C=O) groups is 2. The fraction of sp³-hybridized carbons (Fsp3) is 0.385. The maximum absolute atomic E-state index is 11.6. The van der Waals surface area contributed by atoms with Crippen LogP contribution < -0.4 is 16.0 Å². The van der Waals surface area contributed by atoms with Crippen LogP contribution in [0.1, 0.15) is 19.4 Å². The fourth-order valence-electron chi connectivity index (χ4n) is 1.39. The number of carbonyl (C=O) groups excluding carboxylic acids is 2. The highest BCUT2D eigenvalue weighted by atomic mass is 16.2. The summed E-state index contributed by atoms with van der Waals surface area (Å²) in [6.45, 7) is 5.99. The van der Waals surface area contributed by atoms with Gasteiger partial charge in [-0.25, -0.2) is 4.79 Å². The second-order valence-electron chi connectivity index (χ2n) is 4.08. The topological polar surface area (TPSA) is 70.2 Å². The van der Waals surface area contributed by atoms with Gasteiger partial charge in [-0.3, -0.25) is 4.79 Å². The SMILES string of the molecule is CCNC(=O)[C@H](C)NC(=O)Nc1ccc(C)cc1. The lowest BCUT2D eigenvalue weighted by atomic mass is 10.2. The molecule has 0 bridgehead atoms. The monoisotopic (exact) mass is 249 g/mol. The molecule has 1 atom stereocenters. The lowest BCUT2D eigenvalue weighted by Crippen LogP contribution is -2.46. The summed E-state index contributed by atoms with van der Waals surface area (Å²) in [7, 11) is 0. The smallest absolute Gasteiger partial charge is 0.319 e. The zero-order valence-corrected chi connectivity index (χ0v) is 10.9. The van der Waals surface area contributed by atoms with E-state index < -0.39 is 12.1 Å². The third-order valence-electron chi connectivity index (χ3n) is 2.40. The van der Waals surface area contributed by atoms with Crippen LogP contribution in [0, 0.1) is 6.92 Å². The summed E-state index contributed by atoms with van der Waals surface area (Å²) in [6.07, 6.45) is 0. The average Bonchev–Trinajstić information content (AvgIpc) is 2.32. The Labute approximate surface area is 107 Å². The summed E-state index contributed by atoms with van der Waals surface area (Å²) in [5.74, 6) is -0.198. The van der Waals surface area contributed by atoms with Crippen LogP contribution in [0.15, 0.2) is 24.3 Å². The molecule has 0 saturated heterocycles. The van der Waals surface area contributed by atoms with Crippen molar-refractivity contribution in [2.75, 3.05) is 11.9 Å². The molecule has 0 aromatic heterocycles. The Morgan fingerprint density at radius 3 is 2.39 bits per heavy atom. The number of hydrogen-bond acceptors (Lipinski definition) is 2. The molecule has 98 valence electrons. The summed E-state index contributed by atoms with van der Waals surface area (Å²) in [4.78, 5) is 23.0. The Morgan fingerprint density at radius 2 is 1.83 bits per heavy atom. The second kappa shape index (κ2) is 6.64. The van der Waals surface area contributed by atoms with Crippen molar-refractivity contribution < 1.29 is 9.59 Å². The molecule has 0 aliphatic heterocycles. The Morgan fingerprint density at radius 1 is 1.22 bits per heavy atom. The first-order valence-corrected chi connectivity index (χ1v) is 5.94. The Bertz CT molecular complexity index is 415. The van der Waals surface area contributed by atoms with E-state index in [0.717, 1.165) is 5.56 Å². The third-order valence-corrected chi connectivity index (χ3v) is 2.40. The lowest BCUT2D eigenvalue weighted by Gasteiger charge is -2.14. The first-order valence-electron chi connectivity index (χ1n) is 5.94. The zero-order chi connectivity index (χ0) is 13.5. The van der Waals surface area contributed by atoms with Gasteiger partial charge in [0.15, 0.2) is 0 Å². The van der Waals surface area contributed by atoms with Crippen LogP contribution in [-0.2, 0) is 4.79 Å². The number of anilines is 1. The van der Waals surface area contributed by atoms with Gasteiger partial charge in [0, 0.05) is 12.2 Å². The van der Waals surface area contributed by atoms with E-state index in [1.807, 2.05) is 38.1 Å². The molecule has 1 aromatic carbocycles. The van der Waals surface area contributed by atoms with Crippen molar-refractivity contribution in [1.29, 1.82) is 0 Å². The number of nitrogens with one attached hydrogen (secondary N) is 3. The van der Waals surface area contributed by atoms with E-state index in [1.54, 1.807) is 6.92 Å². The van der Waals surface area contributed by atoms with Gasteiger partial charge in [-0.2, -0.15) is 0 Å². The number of likely N-dealkylation sites (N-methyl/N-ethyl adjacent to an activating group) is 1. The third kappa shape index (κ3) is 4.45. The van der Waals surface area contributed by atoms with E-state index in [1.165, 1.54) is 0 Å². The quantitative estimate of drug-likeness (QED) is 0.759. The van der Waals surface area contributed by atoms with Gasteiger partial charge in [-0.1, -0.05) is 17.7 Å². The molecule has 18 heavy (non-hydrogen) atoms. The molecule has 0 saturated carbocycles. The molecule has 0 aliphatic carbocycles. The molecule has 0 spiro atoms. The number of aryl methyl sites for hydroxylation is 1. The van der Waals surface area contributed by atoms with Crippen LogP contribution in [0.2, 0.25) is 0 Å². The van der Waals surface area contributed by atoms with Gasteiger partial charge in [0.1, 0.15) is 6.04 Å². The van der Waals surface area contributed by atoms with Crippen LogP contribution in [0.5, 0.6) is 0 Å². The summed E-state index contributed by atoms with van der Waals surface area (Å²) >= 11 is 0. The highest BCUT2D eigenvalue weighted by Crippen LogP contribution is 2.08. The van der Waals surface area contributed by atoms with Gasteiger partial charge >= 0.3 is 6.03 Å². The van der Waals surface area contributed by atoms with Crippen molar-refractivity contribution in [1.82, 2.24) is 10.6 Å². The minimum atomic E-state index is -0.560. The van der Waals surface area contributed by atoms with Crippen molar-refractivity contribution in [3.8, 4) is 0 Å². The molecular formula is C13H19N3O2. The second-order valence-corrected chi connectivity index (χ2v) is 4.08. The van der Waals surface area contributed by atoms with Gasteiger partial charge in [0.25, 0.3) is 0 Å². The first-order chi connectivity index (χ1) is 8.52. The van der Waals surface area contributed by atoms with E-state index in [2.05, 4.69) is 16.0 Å². The Kier molecular flexibility index (Phi) is 5.17. The van der Waals surface area contributed by atoms with E-state index in [9.17, 15) is 9.59 Å². The molecule has 0 radical (unpaired) electrons. The average molecular weight is 249 g/mol. The van der Waals surface area contributed by atoms with Crippen molar-refractivity contribution in [3.05, 3.63) is 29.8 Å². The molecule has 0 unspecified atom stereocenters. The first kappa shape index (κ1) is 14.0. The number of urea groups is 1. The van der Waals surface area contributed by atoms with Crippen LogP contribution in [0.25, 0.3) is 0 Å². The molecule has 5 nitrogen and oxygen atoms in total. The molecular weight excluding hydrogens is 230 g/mol. The highest BCUT2D eigenvalue weighted by Gasteiger charge is 2.14. The van der Waals surface area contributed by atoms with Crippen molar-refractivity contribution in [3.63, 3.8) is 0 Å². The van der Waals surface area contributed by atoms with Crippen molar-refractivity contribution in [2.24, 2.45) is 0 Å². The number of benzene rings is 1. The van der Waals surface area contributed by atoms with Crippen LogP contribution in [0.4, 0.5) is 10.5 Å². The largest absolute Gasteiger partial charge is 0.355 e. The standard InChI is InChI=1S/C13H19N3O2/c1-4-14-12(17)10(3)15-13(18)16-11-7-5-9(2)6-8-11/h5-8,10H,4H2,1-3H3,(H,14,17)(H2,15,16,18)/t10-/m0/s1. The number of amides is 3.